The summed E-state index contributed by atoms with van der Waals surface area (Å²) in [6, 6.07) is 11.7. The Labute approximate surface area is 140 Å². The predicted molar refractivity (Wildman–Crippen MR) is 89.1 cm³/mol. The highest BCUT2D eigenvalue weighted by atomic mass is 79.9. The first-order valence-corrected chi connectivity index (χ1v) is 8.23. The topological polar surface area (TPSA) is 18.5 Å². The van der Waals surface area contributed by atoms with Gasteiger partial charge in [0.1, 0.15) is 6.61 Å². The van der Waals surface area contributed by atoms with E-state index in [4.69, 9.17) is 21.1 Å². The fraction of sp³-hybridized carbons (Fsp3) is 0.200. The Morgan fingerprint density at radius 2 is 1.80 bits per heavy atom. The van der Waals surface area contributed by atoms with Crippen molar-refractivity contribution in [3.63, 3.8) is 0 Å². The van der Waals surface area contributed by atoms with Crippen molar-refractivity contribution < 1.29 is 9.47 Å². The molecule has 0 saturated carbocycles. The average Bonchev–Trinajstić information content (AvgIpc) is 2.47. The van der Waals surface area contributed by atoms with Crippen molar-refractivity contribution in [1.29, 1.82) is 0 Å². The maximum Gasteiger partial charge on any atom is 0.180 e. The fourth-order valence-corrected chi connectivity index (χ4v) is 2.60. The normalized spacial score (nSPS) is 10.4. The summed E-state index contributed by atoms with van der Waals surface area (Å²) in [7, 11) is 1.61. The van der Waals surface area contributed by atoms with E-state index in [9.17, 15) is 0 Å². The minimum atomic E-state index is 0.441. The number of methoxy groups -OCH3 is 1. The molecular formula is C15H13Br2ClO2. The van der Waals surface area contributed by atoms with Crippen molar-refractivity contribution in [2.24, 2.45) is 0 Å². The molecule has 0 aromatic heterocycles. The molecule has 0 atom stereocenters. The van der Waals surface area contributed by atoms with Crippen LogP contribution in [0.1, 0.15) is 11.1 Å². The Hall–Kier alpha value is -0.710. The summed E-state index contributed by atoms with van der Waals surface area (Å²) in [4.78, 5) is 0. The average molecular weight is 421 g/mol. The number of hydrogen-bond acceptors (Lipinski definition) is 2. The monoisotopic (exact) mass is 418 g/mol. The van der Waals surface area contributed by atoms with Gasteiger partial charge >= 0.3 is 0 Å². The summed E-state index contributed by atoms with van der Waals surface area (Å²) in [6.07, 6.45) is 0. The van der Waals surface area contributed by atoms with E-state index in [1.54, 1.807) is 7.11 Å². The van der Waals surface area contributed by atoms with E-state index in [1.807, 2.05) is 36.4 Å². The highest BCUT2D eigenvalue weighted by Crippen LogP contribution is 2.37. The maximum absolute atomic E-state index is 6.25. The smallest absolute Gasteiger partial charge is 0.180 e. The summed E-state index contributed by atoms with van der Waals surface area (Å²) in [5.41, 5.74) is 2.11. The van der Waals surface area contributed by atoms with Gasteiger partial charge < -0.3 is 9.47 Å². The molecule has 5 heteroatoms. The third-order valence-corrected chi connectivity index (χ3v) is 4.20. The molecule has 0 bridgehead atoms. The van der Waals surface area contributed by atoms with Gasteiger partial charge in [-0.05, 0) is 35.4 Å². The van der Waals surface area contributed by atoms with E-state index >= 15 is 0 Å². The molecule has 0 saturated heterocycles. The van der Waals surface area contributed by atoms with E-state index in [2.05, 4.69) is 31.9 Å². The van der Waals surface area contributed by atoms with E-state index in [0.29, 0.717) is 23.1 Å². The van der Waals surface area contributed by atoms with Gasteiger partial charge in [-0.15, -0.1) is 0 Å². The van der Waals surface area contributed by atoms with Gasteiger partial charge in [0.2, 0.25) is 0 Å². The van der Waals surface area contributed by atoms with Gasteiger partial charge in [0.05, 0.1) is 12.1 Å². The molecule has 2 rings (SSSR count). The highest BCUT2D eigenvalue weighted by molar-refractivity contribution is 9.10. The van der Waals surface area contributed by atoms with Crippen LogP contribution in [0.2, 0.25) is 5.02 Å². The van der Waals surface area contributed by atoms with Crippen LogP contribution in [0.5, 0.6) is 11.5 Å². The fourth-order valence-electron chi connectivity index (χ4n) is 1.73. The Morgan fingerprint density at radius 1 is 1.10 bits per heavy atom. The van der Waals surface area contributed by atoms with Crippen molar-refractivity contribution in [2.45, 2.75) is 11.9 Å². The van der Waals surface area contributed by atoms with Crippen LogP contribution in [0.25, 0.3) is 0 Å². The molecule has 0 N–H and O–H groups in total. The van der Waals surface area contributed by atoms with Gasteiger partial charge in [0.15, 0.2) is 11.5 Å². The Kier molecular flexibility index (Phi) is 5.75. The first-order valence-electron chi connectivity index (χ1n) is 5.93. The summed E-state index contributed by atoms with van der Waals surface area (Å²) >= 11 is 13.1. The summed E-state index contributed by atoms with van der Waals surface area (Å²) in [5.74, 6) is 1.21. The summed E-state index contributed by atoms with van der Waals surface area (Å²) in [6.45, 7) is 0.441. The number of alkyl halides is 1. The molecule has 106 valence electrons. The zero-order valence-corrected chi connectivity index (χ0v) is 14.8. The lowest BCUT2D eigenvalue weighted by molar-refractivity contribution is 0.284. The minimum absolute atomic E-state index is 0.441. The second-order valence-electron chi connectivity index (χ2n) is 4.16. The Bertz CT molecular complexity index is 585. The Morgan fingerprint density at radius 3 is 2.40 bits per heavy atom. The molecule has 0 amide bonds. The Balaban J connectivity index is 2.18. The van der Waals surface area contributed by atoms with Crippen LogP contribution in [0.4, 0.5) is 0 Å². The van der Waals surface area contributed by atoms with Crippen LogP contribution in [0.15, 0.2) is 40.9 Å². The number of benzene rings is 2. The molecular weight excluding hydrogens is 407 g/mol. The van der Waals surface area contributed by atoms with E-state index in [-0.39, 0.29) is 0 Å². The molecule has 0 radical (unpaired) electrons. The number of hydrogen-bond donors (Lipinski definition) is 0. The first-order chi connectivity index (χ1) is 9.63. The quantitative estimate of drug-likeness (QED) is 0.588. The van der Waals surface area contributed by atoms with Crippen molar-refractivity contribution >= 4 is 43.5 Å². The van der Waals surface area contributed by atoms with Crippen LogP contribution in [0, 0.1) is 0 Å². The second kappa shape index (κ2) is 7.34. The highest BCUT2D eigenvalue weighted by Gasteiger charge is 2.12. The van der Waals surface area contributed by atoms with Crippen LogP contribution in [-0.2, 0) is 11.9 Å². The van der Waals surface area contributed by atoms with Crippen molar-refractivity contribution in [2.75, 3.05) is 7.11 Å². The molecule has 20 heavy (non-hydrogen) atoms. The zero-order chi connectivity index (χ0) is 14.5. The molecule has 0 heterocycles. The van der Waals surface area contributed by atoms with Crippen molar-refractivity contribution in [3.8, 4) is 11.5 Å². The third-order valence-electron chi connectivity index (χ3n) is 2.74. The molecule has 2 aromatic rings. The van der Waals surface area contributed by atoms with E-state index in [0.717, 1.165) is 20.9 Å². The van der Waals surface area contributed by atoms with Crippen LogP contribution in [-0.4, -0.2) is 7.11 Å². The van der Waals surface area contributed by atoms with Crippen LogP contribution in [0.3, 0.4) is 0 Å². The van der Waals surface area contributed by atoms with Gasteiger partial charge in [0, 0.05) is 9.80 Å². The molecule has 0 aliphatic carbocycles. The summed E-state index contributed by atoms with van der Waals surface area (Å²) < 4.78 is 12.2. The van der Waals surface area contributed by atoms with E-state index < -0.39 is 0 Å². The number of ether oxygens (including phenoxy) is 2. The lowest BCUT2D eigenvalue weighted by Gasteiger charge is -2.13. The first kappa shape index (κ1) is 15.7. The van der Waals surface area contributed by atoms with Gasteiger partial charge in [-0.25, -0.2) is 0 Å². The largest absolute Gasteiger partial charge is 0.493 e. The lowest BCUT2D eigenvalue weighted by atomic mass is 10.2. The molecule has 0 aliphatic rings. The van der Waals surface area contributed by atoms with Gasteiger partial charge in [0.25, 0.3) is 0 Å². The second-order valence-corrected chi connectivity index (χ2v) is 6.04. The molecule has 0 aliphatic heterocycles. The van der Waals surface area contributed by atoms with Crippen molar-refractivity contribution in [1.82, 2.24) is 0 Å². The lowest BCUT2D eigenvalue weighted by Crippen LogP contribution is -1.99. The number of rotatable bonds is 5. The molecule has 0 fully saturated rings. The van der Waals surface area contributed by atoms with Crippen LogP contribution >= 0.6 is 43.5 Å². The molecule has 2 aromatic carbocycles. The molecule has 0 spiro atoms. The van der Waals surface area contributed by atoms with Crippen molar-refractivity contribution in [3.05, 3.63) is 57.0 Å². The molecule has 0 unspecified atom stereocenters. The minimum Gasteiger partial charge on any atom is -0.493 e. The number of halogens is 3. The van der Waals surface area contributed by atoms with Gasteiger partial charge in [-0.1, -0.05) is 55.6 Å². The zero-order valence-electron chi connectivity index (χ0n) is 10.8. The SMILES string of the molecule is COc1cc(CBr)cc(Cl)c1OCc1ccc(Br)cc1. The predicted octanol–water partition coefficient (Wildman–Crippen LogP) is 5.59. The summed E-state index contributed by atoms with van der Waals surface area (Å²) in [5, 5.41) is 1.27. The maximum atomic E-state index is 6.25. The van der Waals surface area contributed by atoms with Gasteiger partial charge in [-0.2, -0.15) is 0 Å². The van der Waals surface area contributed by atoms with Crippen LogP contribution < -0.4 is 9.47 Å². The standard InChI is InChI=1S/C15H13Br2ClO2/c1-19-14-7-11(8-16)6-13(18)15(14)20-9-10-2-4-12(17)5-3-10/h2-7H,8-9H2,1H3. The third kappa shape index (κ3) is 3.90. The van der Waals surface area contributed by atoms with Gasteiger partial charge in [-0.3, -0.25) is 0 Å². The molecule has 2 nitrogen and oxygen atoms in total. The van der Waals surface area contributed by atoms with E-state index in [1.165, 1.54) is 0 Å².